The molecular weight excluding hydrogens is 306 g/mol. The molecule has 0 N–H and O–H groups in total. The molecule has 3 aromatic rings. The van der Waals surface area contributed by atoms with E-state index in [1.54, 1.807) is 17.6 Å². The van der Waals surface area contributed by atoms with Crippen LogP contribution in [0.4, 0.5) is 5.69 Å². The lowest BCUT2D eigenvalue weighted by Crippen LogP contribution is -2.12. The zero-order valence-corrected chi connectivity index (χ0v) is 14.3. The van der Waals surface area contributed by atoms with Crippen molar-refractivity contribution < 1.29 is 4.42 Å². The first-order valence-electron chi connectivity index (χ1n) is 7.57. The smallest absolute Gasteiger partial charge is 0.211 e. The second-order valence-corrected chi connectivity index (χ2v) is 6.17. The molecule has 3 rings (SSSR count). The first-order valence-corrected chi connectivity index (χ1v) is 8.45. The third kappa shape index (κ3) is 3.51. The van der Waals surface area contributed by atoms with Crippen LogP contribution >= 0.6 is 11.3 Å². The van der Waals surface area contributed by atoms with E-state index < -0.39 is 0 Å². The standard InChI is InChI=1S/C18H19N3OS/c1-4-14(3)20-21-16(17-6-5-11-22-17)12-23-18(21)19-15-9-7-13(2)8-10-15/h5-12H,4H2,1-3H3. The summed E-state index contributed by atoms with van der Waals surface area (Å²) in [7, 11) is 0. The molecule has 2 heterocycles. The molecule has 1 aromatic carbocycles. The highest BCUT2D eigenvalue weighted by molar-refractivity contribution is 7.07. The predicted molar refractivity (Wildman–Crippen MR) is 95.2 cm³/mol. The molecule has 0 aliphatic heterocycles. The summed E-state index contributed by atoms with van der Waals surface area (Å²) in [6.45, 7) is 6.18. The molecule has 0 aliphatic carbocycles. The van der Waals surface area contributed by atoms with E-state index in [0.29, 0.717) is 0 Å². The van der Waals surface area contributed by atoms with Crippen LogP contribution in [-0.2, 0) is 0 Å². The minimum Gasteiger partial charge on any atom is -0.463 e. The molecule has 23 heavy (non-hydrogen) atoms. The summed E-state index contributed by atoms with van der Waals surface area (Å²) in [6.07, 6.45) is 2.56. The number of furan rings is 1. The second-order valence-electron chi connectivity index (χ2n) is 5.33. The summed E-state index contributed by atoms with van der Waals surface area (Å²) in [5, 5.41) is 6.72. The maximum absolute atomic E-state index is 5.53. The van der Waals surface area contributed by atoms with Gasteiger partial charge in [0.2, 0.25) is 4.80 Å². The van der Waals surface area contributed by atoms with Gasteiger partial charge in [-0.05, 0) is 44.5 Å². The zero-order chi connectivity index (χ0) is 16.2. The van der Waals surface area contributed by atoms with Gasteiger partial charge in [0.05, 0.1) is 12.0 Å². The molecule has 0 spiro atoms. The van der Waals surface area contributed by atoms with Crippen molar-refractivity contribution in [3.63, 3.8) is 0 Å². The normalized spacial score (nSPS) is 12.8. The number of rotatable bonds is 4. The van der Waals surface area contributed by atoms with Crippen LogP contribution in [0.15, 0.2) is 62.6 Å². The molecule has 2 aromatic heterocycles. The molecule has 0 amide bonds. The maximum atomic E-state index is 5.53. The van der Waals surface area contributed by atoms with E-state index >= 15 is 0 Å². The van der Waals surface area contributed by atoms with Crippen molar-refractivity contribution in [2.45, 2.75) is 27.2 Å². The highest BCUT2D eigenvalue weighted by Crippen LogP contribution is 2.21. The third-order valence-electron chi connectivity index (χ3n) is 3.50. The van der Waals surface area contributed by atoms with Gasteiger partial charge in [0, 0.05) is 11.1 Å². The second kappa shape index (κ2) is 6.79. The van der Waals surface area contributed by atoms with E-state index in [2.05, 4.69) is 26.0 Å². The highest BCUT2D eigenvalue weighted by Gasteiger charge is 2.10. The summed E-state index contributed by atoms with van der Waals surface area (Å²) in [6, 6.07) is 12.0. The van der Waals surface area contributed by atoms with Crippen LogP contribution in [0.3, 0.4) is 0 Å². The van der Waals surface area contributed by atoms with Crippen LogP contribution in [0.25, 0.3) is 11.5 Å². The molecule has 4 nitrogen and oxygen atoms in total. The summed E-state index contributed by atoms with van der Waals surface area (Å²) in [4.78, 5) is 5.56. The van der Waals surface area contributed by atoms with Crippen LogP contribution in [0, 0.1) is 6.92 Å². The van der Waals surface area contributed by atoms with Gasteiger partial charge in [-0.15, -0.1) is 11.3 Å². The fourth-order valence-corrected chi connectivity index (χ4v) is 2.87. The molecule has 0 fully saturated rings. The fourth-order valence-electron chi connectivity index (χ4n) is 2.04. The molecule has 0 saturated carbocycles. The van der Waals surface area contributed by atoms with Gasteiger partial charge >= 0.3 is 0 Å². The number of thiazole rings is 1. The van der Waals surface area contributed by atoms with E-state index in [4.69, 9.17) is 14.5 Å². The molecule has 0 radical (unpaired) electrons. The van der Waals surface area contributed by atoms with E-state index in [0.717, 1.165) is 34.1 Å². The van der Waals surface area contributed by atoms with Gasteiger partial charge in [-0.2, -0.15) is 5.10 Å². The van der Waals surface area contributed by atoms with Crippen LogP contribution in [0.2, 0.25) is 0 Å². The van der Waals surface area contributed by atoms with Gasteiger partial charge < -0.3 is 4.42 Å². The number of aryl methyl sites for hydroxylation is 1. The number of hydrogen-bond acceptors (Lipinski definition) is 4. The highest BCUT2D eigenvalue weighted by atomic mass is 32.1. The van der Waals surface area contributed by atoms with Gasteiger partial charge in [0.1, 0.15) is 5.69 Å². The van der Waals surface area contributed by atoms with E-state index in [1.165, 1.54) is 5.56 Å². The Morgan fingerprint density at radius 2 is 2.00 bits per heavy atom. The maximum Gasteiger partial charge on any atom is 0.211 e. The summed E-state index contributed by atoms with van der Waals surface area (Å²) in [5.41, 5.74) is 4.10. The number of benzene rings is 1. The monoisotopic (exact) mass is 325 g/mol. The fraction of sp³-hybridized carbons (Fsp3) is 0.222. The van der Waals surface area contributed by atoms with Crippen LogP contribution in [-0.4, -0.2) is 10.4 Å². The number of hydrogen-bond donors (Lipinski definition) is 0. The van der Waals surface area contributed by atoms with Crippen LogP contribution < -0.4 is 4.80 Å². The summed E-state index contributed by atoms with van der Waals surface area (Å²) >= 11 is 1.56. The van der Waals surface area contributed by atoms with E-state index in [-0.39, 0.29) is 0 Å². The molecule has 0 unspecified atom stereocenters. The lowest BCUT2D eigenvalue weighted by molar-refractivity contribution is 0.575. The minimum absolute atomic E-state index is 0.791. The van der Waals surface area contributed by atoms with Crippen LogP contribution in [0.5, 0.6) is 0 Å². The van der Waals surface area contributed by atoms with Crippen molar-refractivity contribution in [2.24, 2.45) is 10.1 Å². The van der Waals surface area contributed by atoms with Crippen molar-refractivity contribution >= 4 is 22.7 Å². The molecular formula is C18H19N3OS. The average Bonchev–Trinajstić information content (AvgIpc) is 3.20. The Hall–Kier alpha value is -2.40. The average molecular weight is 325 g/mol. The molecule has 0 aliphatic rings. The number of aromatic nitrogens is 1. The quantitative estimate of drug-likeness (QED) is 0.623. The lowest BCUT2D eigenvalue weighted by atomic mass is 10.2. The predicted octanol–water partition coefficient (Wildman–Crippen LogP) is 4.98. The Balaban J connectivity index is 2.15. The topological polar surface area (TPSA) is 42.8 Å². The van der Waals surface area contributed by atoms with Gasteiger partial charge in [0.25, 0.3) is 0 Å². The molecule has 5 heteroatoms. The Labute approximate surface area is 139 Å². The van der Waals surface area contributed by atoms with Crippen molar-refractivity contribution in [2.75, 3.05) is 0 Å². The first-order chi connectivity index (χ1) is 11.2. The zero-order valence-electron chi connectivity index (χ0n) is 13.5. The van der Waals surface area contributed by atoms with Crippen molar-refractivity contribution in [3.05, 3.63) is 58.4 Å². The van der Waals surface area contributed by atoms with Crippen LogP contribution in [0.1, 0.15) is 25.8 Å². The van der Waals surface area contributed by atoms with Crippen molar-refractivity contribution in [3.8, 4) is 11.5 Å². The van der Waals surface area contributed by atoms with Gasteiger partial charge in [-0.3, -0.25) is 0 Å². The SMILES string of the molecule is CCC(C)=Nn1c(-c2ccco2)csc1=Nc1ccc(C)cc1. The van der Waals surface area contributed by atoms with E-state index in [9.17, 15) is 0 Å². The summed E-state index contributed by atoms with van der Waals surface area (Å²) < 4.78 is 7.39. The Morgan fingerprint density at radius 1 is 1.22 bits per heavy atom. The first kappa shape index (κ1) is 15.5. The Bertz CT molecular complexity index is 868. The molecule has 0 saturated heterocycles. The van der Waals surface area contributed by atoms with Crippen molar-refractivity contribution in [1.29, 1.82) is 0 Å². The third-order valence-corrected chi connectivity index (χ3v) is 4.32. The number of nitrogens with zero attached hydrogens (tertiary/aromatic N) is 3. The van der Waals surface area contributed by atoms with Gasteiger partial charge in [0.15, 0.2) is 5.76 Å². The molecule has 0 bridgehead atoms. The lowest BCUT2D eigenvalue weighted by Gasteiger charge is -2.02. The summed E-state index contributed by atoms with van der Waals surface area (Å²) in [5.74, 6) is 0.791. The Kier molecular flexibility index (Phi) is 4.57. The minimum atomic E-state index is 0.791. The van der Waals surface area contributed by atoms with E-state index in [1.807, 2.05) is 41.2 Å². The molecule has 118 valence electrons. The Morgan fingerprint density at radius 3 is 2.65 bits per heavy atom. The van der Waals surface area contributed by atoms with Gasteiger partial charge in [-0.1, -0.05) is 24.6 Å². The largest absolute Gasteiger partial charge is 0.463 e. The van der Waals surface area contributed by atoms with Crippen molar-refractivity contribution in [1.82, 2.24) is 4.68 Å². The molecule has 0 atom stereocenters. The van der Waals surface area contributed by atoms with Gasteiger partial charge in [-0.25, -0.2) is 9.67 Å².